The summed E-state index contributed by atoms with van der Waals surface area (Å²) in [5, 5.41) is 2.18. The molecular formula is C9H12NO6P. The lowest BCUT2D eigenvalue weighted by Gasteiger charge is -1.98. The molecule has 0 saturated heterocycles. The van der Waals surface area contributed by atoms with Crippen molar-refractivity contribution >= 4 is 19.6 Å². The number of imide groups is 1. The van der Waals surface area contributed by atoms with Gasteiger partial charge in [-0.25, -0.2) is 4.57 Å². The van der Waals surface area contributed by atoms with Gasteiger partial charge in [-0.2, -0.15) is 0 Å². The molecule has 7 nitrogen and oxygen atoms in total. The van der Waals surface area contributed by atoms with Gasteiger partial charge in [-0.05, 0) is 12.1 Å². The van der Waals surface area contributed by atoms with Crippen LogP contribution in [0.3, 0.4) is 0 Å². The first-order chi connectivity index (χ1) is 7.70. The molecule has 0 fully saturated rings. The molecule has 0 aliphatic carbocycles. The summed E-state index contributed by atoms with van der Waals surface area (Å²) in [4.78, 5) is 43.2. The number of rotatable bonds is 1. The molecule has 94 valence electrons. The van der Waals surface area contributed by atoms with Crippen molar-refractivity contribution in [2.45, 2.75) is 6.92 Å². The van der Waals surface area contributed by atoms with E-state index in [9.17, 15) is 9.59 Å². The van der Waals surface area contributed by atoms with Gasteiger partial charge in [-0.3, -0.25) is 14.9 Å². The number of hydrogen-bond acceptors (Lipinski definition) is 3. The first kappa shape index (κ1) is 15.5. The minimum absolute atomic E-state index is 0.344. The molecule has 4 N–H and O–H groups in total. The topological polar surface area (TPSA) is 124 Å². The highest BCUT2D eigenvalue weighted by atomic mass is 31.2. The first-order valence-corrected chi connectivity index (χ1v) is 5.92. The largest absolute Gasteiger partial charge is 0.466 e. The Labute approximate surface area is 97.3 Å². The quantitative estimate of drug-likeness (QED) is 0.529. The van der Waals surface area contributed by atoms with Gasteiger partial charge in [0.1, 0.15) is 0 Å². The van der Waals surface area contributed by atoms with Crippen LogP contribution in [0.15, 0.2) is 30.3 Å². The average Bonchev–Trinajstić information content (AvgIpc) is 2.15. The Morgan fingerprint density at radius 1 is 1.12 bits per heavy atom. The lowest BCUT2D eigenvalue weighted by atomic mass is 10.2. The van der Waals surface area contributed by atoms with Crippen LogP contribution >= 0.6 is 7.82 Å². The molecule has 0 aliphatic heterocycles. The number of phosphoric acid groups is 1. The number of amides is 2. The lowest BCUT2D eigenvalue weighted by molar-refractivity contribution is -0.118. The highest BCUT2D eigenvalue weighted by Crippen LogP contribution is 2.25. The lowest BCUT2D eigenvalue weighted by Crippen LogP contribution is -2.27. The molecule has 0 bridgehead atoms. The van der Waals surface area contributed by atoms with Gasteiger partial charge in [-0.15, -0.1) is 0 Å². The molecule has 0 atom stereocenters. The van der Waals surface area contributed by atoms with E-state index in [0.29, 0.717) is 5.56 Å². The van der Waals surface area contributed by atoms with Crippen LogP contribution in [0.4, 0.5) is 0 Å². The molecule has 0 aliphatic rings. The Morgan fingerprint density at radius 2 is 1.53 bits per heavy atom. The fraction of sp³-hybridized carbons (Fsp3) is 0.111. The number of carbonyl (C=O) groups is 2. The van der Waals surface area contributed by atoms with Crippen molar-refractivity contribution in [1.29, 1.82) is 0 Å². The zero-order valence-electron chi connectivity index (χ0n) is 8.90. The molecule has 17 heavy (non-hydrogen) atoms. The summed E-state index contributed by atoms with van der Waals surface area (Å²) in [6.07, 6.45) is 0. The average molecular weight is 261 g/mol. The summed E-state index contributed by atoms with van der Waals surface area (Å²) in [7, 11) is -4.64. The van der Waals surface area contributed by atoms with Gasteiger partial charge < -0.3 is 14.7 Å². The van der Waals surface area contributed by atoms with Crippen LogP contribution in [-0.2, 0) is 9.36 Å². The predicted octanol–water partition coefficient (Wildman–Crippen LogP) is 0.0343. The van der Waals surface area contributed by atoms with Gasteiger partial charge in [0.05, 0.1) is 0 Å². The van der Waals surface area contributed by atoms with E-state index in [0.717, 1.165) is 0 Å². The molecular weight excluding hydrogens is 249 g/mol. The predicted molar refractivity (Wildman–Crippen MR) is 58.9 cm³/mol. The Balaban J connectivity index is 0.000000437. The molecule has 1 rings (SSSR count). The summed E-state index contributed by atoms with van der Waals surface area (Å²) in [5.41, 5.74) is 0.493. The fourth-order valence-electron chi connectivity index (χ4n) is 0.822. The van der Waals surface area contributed by atoms with Crippen molar-refractivity contribution in [1.82, 2.24) is 5.32 Å². The summed E-state index contributed by atoms with van der Waals surface area (Å²) in [6, 6.07) is 8.60. The van der Waals surface area contributed by atoms with Crippen molar-refractivity contribution in [3.63, 3.8) is 0 Å². The van der Waals surface area contributed by atoms with Crippen LogP contribution in [-0.4, -0.2) is 26.5 Å². The van der Waals surface area contributed by atoms with E-state index >= 15 is 0 Å². The van der Waals surface area contributed by atoms with E-state index in [2.05, 4.69) is 5.32 Å². The molecule has 0 radical (unpaired) electrons. The van der Waals surface area contributed by atoms with E-state index in [1.54, 1.807) is 24.3 Å². The van der Waals surface area contributed by atoms with Gasteiger partial charge in [0.25, 0.3) is 5.91 Å². The van der Waals surface area contributed by atoms with Crippen LogP contribution in [0, 0.1) is 0 Å². The van der Waals surface area contributed by atoms with Crippen molar-refractivity contribution in [2.75, 3.05) is 0 Å². The molecule has 0 saturated carbocycles. The van der Waals surface area contributed by atoms with Crippen LogP contribution in [0.2, 0.25) is 0 Å². The second kappa shape index (κ2) is 6.93. The minimum Gasteiger partial charge on any atom is -0.303 e. The molecule has 1 aromatic rings. The van der Waals surface area contributed by atoms with Crippen molar-refractivity contribution < 1.29 is 28.8 Å². The minimum atomic E-state index is -4.64. The zero-order valence-corrected chi connectivity index (χ0v) is 9.79. The SMILES string of the molecule is CC(=O)NC(=O)c1ccccc1.O=P(O)(O)O. The van der Waals surface area contributed by atoms with Gasteiger partial charge in [0.15, 0.2) is 0 Å². The second-order valence-corrected chi connectivity index (χ2v) is 3.92. The molecule has 1 aromatic carbocycles. The maximum atomic E-state index is 11.1. The van der Waals surface area contributed by atoms with Crippen LogP contribution in [0.25, 0.3) is 0 Å². The molecule has 0 heterocycles. The molecule has 2 amide bonds. The number of benzene rings is 1. The highest BCUT2D eigenvalue weighted by Gasteiger charge is 2.04. The Hall–Kier alpha value is -1.53. The van der Waals surface area contributed by atoms with E-state index in [4.69, 9.17) is 19.2 Å². The standard InChI is InChI=1S/C9H9NO2.H3O4P/c1-7(11)10-9(12)8-5-3-2-4-6-8;1-5(2,3)4/h2-6H,1H3,(H,10,11,12);(H3,1,2,3,4). The number of carbonyl (C=O) groups excluding carboxylic acids is 2. The third-order valence-electron chi connectivity index (χ3n) is 1.33. The first-order valence-electron chi connectivity index (χ1n) is 4.35. The van der Waals surface area contributed by atoms with Crippen molar-refractivity contribution in [3.05, 3.63) is 35.9 Å². The Morgan fingerprint density at radius 3 is 1.88 bits per heavy atom. The van der Waals surface area contributed by atoms with E-state index < -0.39 is 7.82 Å². The van der Waals surface area contributed by atoms with Gasteiger partial charge in [-0.1, -0.05) is 18.2 Å². The number of hydrogen-bond donors (Lipinski definition) is 4. The molecule has 0 aromatic heterocycles. The maximum absolute atomic E-state index is 11.1. The second-order valence-electron chi connectivity index (χ2n) is 2.89. The van der Waals surface area contributed by atoms with Gasteiger partial charge in [0.2, 0.25) is 5.91 Å². The van der Waals surface area contributed by atoms with Crippen molar-refractivity contribution in [2.24, 2.45) is 0 Å². The highest BCUT2D eigenvalue weighted by molar-refractivity contribution is 7.45. The molecule has 0 unspecified atom stereocenters. The van der Waals surface area contributed by atoms with Gasteiger partial charge >= 0.3 is 7.82 Å². The van der Waals surface area contributed by atoms with E-state index in [1.165, 1.54) is 6.92 Å². The summed E-state index contributed by atoms with van der Waals surface area (Å²) in [6.45, 7) is 1.31. The third kappa shape index (κ3) is 10.7. The summed E-state index contributed by atoms with van der Waals surface area (Å²) < 4.78 is 8.88. The Kier molecular flexibility index (Phi) is 6.30. The molecule has 0 spiro atoms. The summed E-state index contributed by atoms with van der Waals surface area (Å²) >= 11 is 0. The normalized spacial score (nSPS) is 9.88. The van der Waals surface area contributed by atoms with Gasteiger partial charge in [0, 0.05) is 12.5 Å². The van der Waals surface area contributed by atoms with Crippen LogP contribution in [0.1, 0.15) is 17.3 Å². The summed E-state index contributed by atoms with van der Waals surface area (Å²) in [5.74, 6) is -0.702. The monoisotopic (exact) mass is 261 g/mol. The van der Waals surface area contributed by atoms with E-state index in [1.807, 2.05) is 6.07 Å². The Bertz CT molecular complexity index is 418. The van der Waals surface area contributed by atoms with Crippen molar-refractivity contribution in [3.8, 4) is 0 Å². The smallest absolute Gasteiger partial charge is 0.303 e. The van der Waals surface area contributed by atoms with Crippen LogP contribution in [0.5, 0.6) is 0 Å². The zero-order chi connectivity index (χ0) is 13.5. The molecule has 8 heteroatoms. The fourth-order valence-corrected chi connectivity index (χ4v) is 0.822. The maximum Gasteiger partial charge on any atom is 0.466 e. The third-order valence-corrected chi connectivity index (χ3v) is 1.33. The number of nitrogens with one attached hydrogen (secondary N) is 1. The van der Waals surface area contributed by atoms with Crippen LogP contribution < -0.4 is 5.32 Å². The van der Waals surface area contributed by atoms with E-state index in [-0.39, 0.29) is 11.8 Å².